The van der Waals surface area contributed by atoms with E-state index in [0.29, 0.717) is 13.0 Å². The van der Waals surface area contributed by atoms with E-state index in [0.717, 1.165) is 16.8 Å². The number of aliphatic hydroxyl groups is 1. The summed E-state index contributed by atoms with van der Waals surface area (Å²) in [5, 5.41) is 11.6. The molecule has 0 spiro atoms. The molecule has 0 saturated carbocycles. The largest absolute Gasteiger partial charge is 0.391 e. The van der Waals surface area contributed by atoms with Crippen LogP contribution < -0.4 is 11.1 Å². The standard InChI is InChI=1S/C10H13N3O4/c14-7-3-4-12(5-7)10(17)6-13-9(16)2-1-8(15)11-13/h1-2,7,14H,3-6H2,(H,11,15)/t7-/m0/s1. The lowest BCUT2D eigenvalue weighted by molar-refractivity contribution is -0.131. The Hall–Kier alpha value is -1.89. The lowest BCUT2D eigenvalue weighted by atomic mass is 10.3. The second-order valence-corrected chi connectivity index (χ2v) is 4.02. The molecule has 1 aromatic rings. The number of aromatic amines is 1. The van der Waals surface area contributed by atoms with Gasteiger partial charge in [0, 0.05) is 25.2 Å². The molecule has 2 N–H and O–H groups in total. The summed E-state index contributed by atoms with van der Waals surface area (Å²) in [4.78, 5) is 35.6. The summed E-state index contributed by atoms with van der Waals surface area (Å²) in [6.45, 7) is 0.554. The van der Waals surface area contributed by atoms with Gasteiger partial charge < -0.3 is 10.0 Å². The zero-order valence-electron chi connectivity index (χ0n) is 9.13. The Bertz CT molecular complexity index is 533. The molecule has 17 heavy (non-hydrogen) atoms. The smallest absolute Gasteiger partial charge is 0.265 e. The van der Waals surface area contributed by atoms with Crippen LogP contribution in [0.5, 0.6) is 0 Å². The van der Waals surface area contributed by atoms with Gasteiger partial charge >= 0.3 is 0 Å². The minimum Gasteiger partial charge on any atom is -0.391 e. The molecule has 7 heteroatoms. The number of amides is 1. The van der Waals surface area contributed by atoms with Crippen molar-refractivity contribution in [1.29, 1.82) is 0 Å². The van der Waals surface area contributed by atoms with Gasteiger partial charge in [-0.3, -0.25) is 19.5 Å². The Balaban J connectivity index is 2.10. The molecule has 1 aliphatic heterocycles. The van der Waals surface area contributed by atoms with E-state index in [9.17, 15) is 19.5 Å². The third-order valence-electron chi connectivity index (χ3n) is 2.70. The molecule has 0 aromatic carbocycles. The van der Waals surface area contributed by atoms with E-state index in [1.807, 2.05) is 0 Å². The minimum absolute atomic E-state index is 0.207. The van der Waals surface area contributed by atoms with E-state index in [2.05, 4.69) is 5.10 Å². The number of carbonyl (C=O) groups is 1. The van der Waals surface area contributed by atoms with Crippen molar-refractivity contribution in [2.24, 2.45) is 0 Å². The first-order valence-electron chi connectivity index (χ1n) is 5.32. The van der Waals surface area contributed by atoms with Crippen LogP contribution in [0, 0.1) is 0 Å². The number of β-amino-alcohol motifs (C(OH)–C–C–N with tert-alkyl or cyclic N) is 1. The molecule has 0 bridgehead atoms. The molecule has 7 nitrogen and oxygen atoms in total. The topological polar surface area (TPSA) is 95.4 Å². The van der Waals surface area contributed by atoms with Crippen molar-refractivity contribution in [2.75, 3.05) is 13.1 Å². The molecule has 0 unspecified atom stereocenters. The SMILES string of the molecule is O=C(Cn1[nH]c(=O)ccc1=O)N1CC[C@H](O)C1. The minimum atomic E-state index is -0.495. The Labute approximate surface area is 96.3 Å². The fourth-order valence-corrected chi connectivity index (χ4v) is 1.78. The number of hydrogen-bond acceptors (Lipinski definition) is 4. The summed E-state index contributed by atoms with van der Waals surface area (Å²) in [6.07, 6.45) is 0.0527. The van der Waals surface area contributed by atoms with Gasteiger partial charge in [0.05, 0.1) is 6.10 Å². The summed E-state index contributed by atoms with van der Waals surface area (Å²) in [5.74, 6) is -0.287. The van der Waals surface area contributed by atoms with Crippen LogP contribution in [0.4, 0.5) is 0 Å². The average Bonchev–Trinajstić information content (AvgIpc) is 2.70. The molecule has 1 atom stereocenters. The normalized spacial score (nSPS) is 19.6. The Morgan fingerprint density at radius 3 is 2.88 bits per heavy atom. The van der Waals surface area contributed by atoms with Gasteiger partial charge in [0.2, 0.25) is 5.91 Å². The maximum Gasteiger partial charge on any atom is 0.265 e. The van der Waals surface area contributed by atoms with E-state index in [-0.39, 0.29) is 19.0 Å². The summed E-state index contributed by atoms with van der Waals surface area (Å²) >= 11 is 0. The molecule has 1 fully saturated rings. The highest BCUT2D eigenvalue weighted by Crippen LogP contribution is 2.08. The van der Waals surface area contributed by atoms with Gasteiger partial charge in [0.25, 0.3) is 11.1 Å². The number of likely N-dealkylation sites (tertiary alicyclic amines) is 1. The fraction of sp³-hybridized carbons (Fsp3) is 0.500. The third kappa shape index (κ3) is 2.62. The number of rotatable bonds is 2. The third-order valence-corrected chi connectivity index (χ3v) is 2.70. The Morgan fingerprint density at radius 1 is 1.47 bits per heavy atom. The van der Waals surface area contributed by atoms with Gasteiger partial charge in [-0.2, -0.15) is 0 Å². The second-order valence-electron chi connectivity index (χ2n) is 4.02. The van der Waals surface area contributed by atoms with Gasteiger partial charge in [-0.25, -0.2) is 4.68 Å². The van der Waals surface area contributed by atoms with Gasteiger partial charge in [-0.15, -0.1) is 0 Å². The highest BCUT2D eigenvalue weighted by molar-refractivity contribution is 5.76. The highest BCUT2D eigenvalue weighted by atomic mass is 16.3. The Kier molecular flexibility index (Phi) is 3.10. The molecule has 1 aliphatic rings. The lowest BCUT2D eigenvalue weighted by Crippen LogP contribution is -2.38. The molecule has 0 radical (unpaired) electrons. The molecule has 2 heterocycles. The molecule has 1 amide bonds. The molecule has 1 aromatic heterocycles. The molecule has 1 saturated heterocycles. The predicted octanol–water partition coefficient (Wildman–Crippen LogP) is -1.87. The quantitative estimate of drug-likeness (QED) is 0.632. The zero-order chi connectivity index (χ0) is 12.4. The number of aliphatic hydroxyl groups excluding tert-OH is 1. The van der Waals surface area contributed by atoms with Gasteiger partial charge in [0.15, 0.2) is 0 Å². The summed E-state index contributed by atoms with van der Waals surface area (Å²) in [6, 6.07) is 2.23. The van der Waals surface area contributed by atoms with Crippen molar-refractivity contribution in [3.63, 3.8) is 0 Å². The van der Waals surface area contributed by atoms with Crippen LogP contribution in [0.25, 0.3) is 0 Å². The van der Waals surface area contributed by atoms with E-state index in [1.165, 1.54) is 4.90 Å². The van der Waals surface area contributed by atoms with Crippen LogP contribution in [0.1, 0.15) is 6.42 Å². The van der Waals surface area contributed by atoms with E-state index < -0.39 is 17.2 Å². The van der Waals surface area contributed by atoms with Crippen LogP contribution in [0.2, 0.25) is 0 Å². The van der Waals surface area contributed by atoms with Crippen molar-refractivity contribution in [1.82, 2.24) is 14.7 Å². The molecule has 2 rings (SSSR count). The number of aromatic nitrogens is 2. The first-order chi connectivity index (χ1) is 8.06. The van der Waals surface area contributed by atoms with Gasteiger partial charge in [-0.05, 0) is 6.42 Å². The maximum atomic E-state index is 11.8. The van der Waals surface area contributed by atoms with Crippen molar-refractivity contribution < 1.29 is 9.90 Å². The molecule has 0 aliphatic carbocycles. The number of hydrogen-bond donors (Lipinski definition) is 2. The fourth-order valence-electron chi connectivity index (χ4n) is 1.78. The van der Waals surface area contributed by atoms with Crippen LogP contribution in [-0.4, -0.2) is 44.9 Å². The Morgan fingerprint density at radius 2 is 2.24 bits per heavy atom. The van der Waals surface area contributed by atoms with Crippen molar-refractivity contribution in [3.8, 4) is 0 Å². The predicted molar refractivity (Wildman–Crippen MR) is 58.5 cm³/mol. The number of nitrogens with zero attached hydrogens (tertiary/aromatic N) is 2. The lowest BCUT2D eigenvalue weighted by Gasteiger charge is -2.15. The van der Waals surface area contributed by atoms with Crippen molar-refractivity contribution in [2.45, 2.75) is 19.1 Å². The van der Waals surface area contributed by atoms with Crippen molar-refractivity contribution in [3.05, 3.63) is 32.8 Å². The maximum absolute atomic E-state index is 11.8. The van der Waals surface area contributed by atoms with Gasteiger partial charge in [0.1, 0.15) is 6.54 Å². The first-order valence-corrected chi connectivity index (χ1v) is 5.32. The average molecular weight is 239 g/mol. The van der Waals surface area contributed by atoms with E-state index >= 15 is 0 Å². The van der Waals surface area contributed by atoms with Crippen LogP contribution >= 0.6 is 0 Å². The monoisotopic (exact) mass is 239 g/mol. The summed E-state index contributed by atoms with van der Waals surface area (Å²) in [5.41, 5.74) is -0.864. The number of nitrogens with one attached hydrogen (secondary N) is 1. The van der Waals surface area contributed by atoms with Crippen LogP contribution in [0.3, 0.4) is 0 Å². The highest BCUT2D eigenvalue weighted by Gasteiger charge is 2.24. The van der Waals surface area contributed by atoms with E-state index in [1.54, 1.807) is 0 Å². The molecular formula is C10H13N3O4. The second kappa shape index (κ2) is 4.54. The number of H-pyrrole nitrogens is 1. The van der Waals surface area contributed by atoms with E-state index in [4.69, 9.17) is 0 Å². The summed E-state index contributed by atoms with van der Waals surface area (Å²) < 4.78 is 0.968. The van der Waals surface area contributed by atoms with Gasteiger partial charge in [-0.1, -0.05) is 0 Å². The van der Waals surface area contributed by atoms with Crippen molar-refractivity contribution >= 4 is 5.91 Å². The van der Waals surface area contributed by atoms with Crippen LogP contribution in [-0.2, 0) is 11.3 Å². The summed E-state index contributed by atoms with van der Waals surface area (Å²) in [7, 11) is 0. The number of carbonyl (C=O) groups excluding carboxylic acids is 1. The molecular weight excluding hydrogens is 226 g/mol. The van der Waals surface area contributed by atoms with Crippen LogP contribution in [0.15, 0.2) is 21.7 Å². The first kappa shape index (κ1) is 11.6. The zero-order valence-corrected chi connectivity index (χ0v) is 9.13. The molecule has 92 valence electrons.